The Morgan fingerprint density at radius 2 is 1.61 bits per heavy atom. The van der Waals surface area contributed by atoms with Gasteiger partial charge in [0.25, 0.3) is 0 Å². The monoisotopic (exact) mass is 386 g/mol. The lowest BCUT2D eigenvalue weighted by atomic mass is 10.1. The number of anilines is 2. The molecule has 0 spiro atoms. The Kier molecular flexibility index (Phi) is 6.97. The number of esters is 2. The highest BCUT2D eigenvalue weighted by Gasteiger charge is 2.17. The Morgan fingerprint density at radius 1 is 0.893 bits per heavy atom. The number of nitrogens with one attached hydrogen (secondary N) is 2. The van der Waals surface area contributed by atoms with Crippen LogP contribution in [-0.4, -0.2) is 45.7 Å². The molecule has 0 fully saturated rings. The van der Waals surface area contributed by atoms with E-state index in [-0.39, 0.29) is 23.4 Å². The number of carbonyl (C=O) groups excluding carboxylic acids is 3. The van der Waals surface area contributed by atoms with Crippen LogP contribution in [0, 0.1) is 6.92 Å². The Bertz CT molecular complexity index is 894. The van der Waals surface area contributed by atoms with Crippen molar-refractivity contribution in [1.82, 2.24) is 0 Å². The number of aryl methyl sites for hydroxylation is 1. The zero-order valence-corrected chi connectivity index (χ0v) is 16.1. The summed E-state index contributed by atoms with van der Waals surface area (Å²) in [6, 6.07) is 9.72. The number of benzene rings is 2. The predicted molar refractivity (Wildman–Crippen MR) is 104 cm³/mol. The molecule has 2 N–H and O–H groups in total. The van der Waals surface area contributed by atoms with Gasteiger partial charge in [0.15, 0.2) is 0 Å². The van der Waals surface area contributed by atoms with Crippen LogP contribution in [-0.2, 0) is 14.3 Å². The first kappa shape index (κ1) is 20.8. The molecule has 0 bridgehead atoms. The van der Waals surface area contributed by atoms with Gasteiger partial charge in [0.1, 0.15) is 5.75 Å². The van der Waals surface area contributed by atoms with Gasteiger partial charge in [0, 0.05) is 0 Å². The summed E-state index contributed by atoms with van der Waals surface area (Å²) in [5.74, 6) is -1.05. The fraction of sp³-hybridized carbons (Fsp3) is 0.250. The summed E-state index contributed by atoms with van der Waals surface area (Å²) in [4.78, 5) is 36.1. The number of rotatable bonds is 7. The molecule has 2 aromatic carbocycles. The van der Waals surface area contributed by atoms with Crippen LogP contribution >= 0.6 is 0 Å². The molecule has 0 aromatic heterocycles. The minimum atomic E-state index is -0.639. The maximum Gasteiger partial charge on any atom is 0.339 e. The molecule has 0 saturated carbocycles. The van der Waals surface area contributed by atoms with Crippen molar-refractivity contribution in [2.45, 2.75) is 6.92 Å². The molecule has 2 rings (SSSR count). The summed E-state index contributed by atoms with van der Waals surface area (Å²) in [6.07, 6.45) is 0. The number of carbonyl (C=O) groups is 3. The minimum Gasteiger partial charge on any atom is -0.495 e. The van der Waals surface area contributed by atoms with E-state index in [1.165, 1.54) is 39.5 Å². The lowest BCUT2D eigenvalue weighted by molar-refractivity contribution is -0.114. The molecule has 0 atom stereocenters. The summed E-state index contributed by atoms with van der Waals surface area (Å²) in [6.45, 7) is 1.84. The Balaban J connectivity index is 2.19. The van der Waals surface area contributed by atoms with E-state index < -0.39 is 17.8 Å². The number of ether oxygens (including phenoxy) is 3. The molecular formula is C20H22N2O6. The largest absolute Gasteiger partial charge is 0.495 e. The van der Waals surface area contributed by atoms with E-state index in [0.717, 1.165) is 5.56 Å². The first-order valence-electron chi connectivity index (χ1n) is 8.38. The van der Waals surface area contributed by atoms with Crippen molar-refractivity contribution < 1.29 is 28.6 Å². The lowest BCUT2D eigenvalue weighted by Gasteiger charge is -2.14. The van der Waals surface area contributed by atoms with Crippen LogP contribution in [0.25, 0.3) is 0 Å². The molecule has 0 saturated heterocycles. The number of hydrogen-bond acceptors (Lipinski definition) is 7. The zero-order valence-electron chi connectivity index (χ0n) is 16.1. The van der Waals surface area contributed by atoms with Crippen molar-refractivity contribution in [3.63, 3.8) is 0 Å². The van der Waals surface area contributed by atoms with Crippen molar-refractivity contribution in [3.05, 3.63) is 53.1 Å². The molecule has 1 amide bonds. The molecular weight excluding hydrogens is 364 g/mol. The van der Waals surface area contributed by atoms with Gasteiger partial charge in [0.05, 0.1) is 50.4 Å². The van der Waals surface area contributed by atoms with E-state index in [0.29, 0.717) is 11.4 Å². The predicted octanol–water partition coefficient (Wildman–Crippen LogP) is 2.63. The minimum absolute atomic E-state index is 0.0805. The first-order valence-corrected chi connectivity index (χ1v) is 8.38. The standard InChI is InChI=1S/C20H22N2O6/c1-12-5-8-17(26-2)16(9-12)21-11-18(23)22-15-10-13(19(24)27-3)6-7-14(15)20(25)28-4/h5-10,21H,11H2,1-4H3,(H,22,23). The topological polar surface area (TPSA) is 103 Å². The molecule has 148 valence electrons. The summed E-state index contributed by atoms with van der Waals surface area (Å²) >= 11 is 0. The quantitative estimate of drug-likeness (QED) is 0.705. The summed E-state index contributed by atoms with van der Waals surface area (Å²) in [7, 11) is 4.01. The van der Waals surface area contributed by atoms with Gasteiger partial charge >= 0.3 is 11.9 Å². The molecule has 2 aromatic rings. The fourth-order valence-electron chi connectivity index (χ4n) is 2.51. The molecule has 0 aliphatic carbocycles. The van der Waals surface area contributed by atoms with E-state index in [4.69, 9.17) is 9.47 Å². The lowest BCUT2D eigenvalue weighted by Crippen LogP contribution is -2.23. The SMILES string of the molecule is COC(=O)c1ccc(C(=O)OC)c(NC(=O)CNc2cc(C)ccc2OC)c1. The Labute approximate surface area is 162 Å². The third kappa shape index (κ3) is 5.00. The number of methoxy groups -OCH3 is 3. The van der Waals surface area contributed by atoms with Crippen molar-refractivity contribution in [2.24, 2.45) is 0 Å². The summed E-state index contributed by atoms with van der Waals surface area (Å²) < 4.78 is 14.7. The molecule has 8 heteroatoms. The van der Waals surface area contributed by atoms with Gasteiger partial charge in [-0.3, -0.25) is 4.79 Å². The van der Waals surface area contributed by atoms with Gasteiger partial charge in [-0.1, -0.05) is 6.07 Å². The highest BCUT2D eigenvalue weighted by Crippen LogP contribution is 2.25. The molecule has 0 unspecified atom stereocenters. The summed E-state index contributed by atoms with van der Waals surface area (Å²) in [5, 5.41) is 5.61. The normalized spacial score (nSPS) is 10.0. The van der Waals surface area contributed by atoms with Crippen LogP contribution in [0.3, 0.4) is 0 Å². The van der Waals surface area contributed by atoms with Gasteiger partial charge in [-0.25, -0.2) is 9.59 Å². The highest BCUT2D eigenvalue weighted by atomic mass is 16.5. The van der Waals surface area contributed by atoms with Crippen LogP contribution in [0.5, 0.6) is 5.75 Å². The zero-order chi connectivity index (χ0) is 20.7. The average Bonchev–Trinajstić information content (AvgIpc) is 2.71. The molecule has 0 aliphatic rings. The van der Waals surface area contributed by atoms with Gasteiger partial charge in [0.2, 0.25) is 5.91 Å². The second kappa shape index (κ2) is 9.40. The van der Waals surface area contributed by atoms with Crippen molar-refractivity contribution in [1.29, 1.82) is 0 Å². The average molecular weight is 386 g/mol. The van der Waals surface area contributed by atoms with Crippen molar-refractivity contribution in [3.8, 4) is 5.75 Å². The maximum absolute atomic E-state index is 12.4. The van der Waals surface area contributed by atoms with Crippen molar-refractivity contribution in [2.75, 3.05) is 38.5 Å². The third-order valence-electron chi connectivity index (χ3n) is 3.91. The molecule has 0 radical (unpaired) electrons. The molecule has 0 aliphatic heterocycles. The van der Waals surface area contributed by atoms with Crippen LogP contribution in [0.1, 0.15) is 26.3 Å². The maximum atomic E-state index is 12.4. The van der Waals surface area contributed by atoms with Gasteiger partial charge in [-0.15, -0.1) is 0 Å². The van der Waals surface area contributed by atoms with E-state index in [2.05, 4.69) is 15.4 Å². The van der Waals surface area contributed by atoms with Crippen LogP contribution < -0.4 is 15.4 Å². The Morgan fingerprint density at radius 3 is 2.25 bits per heavy atom. The fourth-order valence-corrected chi connectivity index (χ4v) is 2.51. The van der Waals surface area contributed by atoms with E-state index in [9.17, 15) is 14.4 Å². The third-order valence-corrected chi connectivity index (χ3v) is 3.91. The summed E-state index contributed by atoms with van der Waals surface area (Å²) in [5.41, 5.74) is 2.13. The van der Waals surface area contributed by atoms with Gasteiger partial charge < -0.3 is 24.8 Å². The highest BCUT2D eigenvalue weighted by molar-refractivity contribution is 6.04. The van der Waals surface area contributed by atoms with E-state index >= 15 is 0 Å². The number of hydrogen-bond donors (Lipinski definition) is 2. The smallest absolute Gasteiger partial charge is 0.339 e. The second-order valence-electron chi connectivity index (χ2n) is 5.85. The van der Waals surface area contributed by atoms with E-state index in [1.54, 1.807) is 6.07 Å². The Hall–Kier alpha value is -3.55. The molecule has 0 heterocycles. The second-order valence-corrected chi connectivity index (χ2v) is 5.85. The molecule has 8 nitrogen and oxygen atoms in total. The number of amides is 1. The van der Waals surface area contributed by atoms with Crippen LogP contribution in [0.2, 0.25) is 0 Å². The van der Waals surface area contributed by atoms with Crippen LogP contribution in [0.4, 0.5) is 11.4 Å². The van der Waals surface area contributed by atoms with E-state index in [1.807, 2.05) is 19.1 Å². The van der Waals surface area contributed by atoms with Crippen LogP contribution in [0.15, 0.2) is 36.4 Å². The van der Waals surface area contributed by atoms with Gasteiger partial charge in [-0.05, 0) is 42.8 Å². The van der Waals surface area contributed by atoms with Gasteiger partial charge in [-0.2, -0.15) is 0 Å². The van der Waals surface area contributed by atoms with Crippen molar-refractivity contribution >= 4 is 29.2 Å². The molecule has 28 heavy (non-hydrogen) atoms. The first-order chi connectivity index (χ1) is 13.4.